The number of hydrogen-bond acceptors (Lipinski definition) is 8. The number of aliphatic hydroxyl groups excluding tert-OH is 2. The predicted octanol–water partition coefficient (Wildman–Crippen LogP) is -1.35. The Labute approximate surface area is 138 Å². The molecule has 10 heteroatoms. The molecule has 2 aromatic rings. The number of rotatable bonds is 4. The molecule has 24 heavy (non-hydrogen) atoms. The molecule has 0 radical (unpaired) electrons. The van der Waals surface area contributed by atoms with E-state index in [-0.39, 0.29) is 0 Å². The Balaban J connectivity index is 1.96. The van der Waals surface area contributed by atoms with Crippen molar-refractivity contribution in [2.24, 2.45) is 0 Å². The molecule has 10 nitrogen and oxygen atoms in total. The van der Waals surface area contributed by atoms with Gasteiger partial charge in [0.15, 0.2) is 29.3 Å². The molecule has 0 bridgehead atoms. The van der Waals surface area contributed by atoms with E-state index in [1.54, 1.807) is 11.8 Å². The summed E-state index contributed by atoms with van der Waals surface area (Å²) in [5.74, 6) is 0.145. The molecule has 0 spiro atoms. The Morgan fingerprint density at radius 2 is 2.08 bits per heavy atom. The maximum absolute atomic E-state index is 12.0. The molecule has 1 aliphatic heterocycles. The molecule has 0 aromatic carbocycles. The minimum atomic E-state index is -1.34. The van der Waals surface area contributed by atoms with Crippen LogP contribution in [0, 0.1) is 0 Å². The molecule has 1 saturated heterocycles. The third kappa shape index (κ3) is 2.58. The maximum atomic E-state index is 12.0. The van der Waals surface area contributed by atoms with E-state index < -0.39 is 30.4 Å². The Hall–Kier alpha value is -2.30. The van der Waals surface area contributed by atoms with E-state index in [0.717, 1.165) is 0 Å². The number of nitrogens with one attached hydrogen (secondary N) is 1. The van der Waals surface area contributed by atoms with E-state index in [4.69, 9.17) is 4.74 Å². The number of hydrogen-bond donors (Lipinski definition) is 3. The first-order valence-corrected chi connectivity index (χ1v) is 7.59. The molecule has 3 rings (SSSR count). The fourth-order valence-corrected chi connectivity index (χ4v) is 2.73. The summed E-state index contributed by atoms with van der Waals surface area (Å²) < 4.78 is 7.09. The zero-order valence-corrected chi connectivity index (χ0v) is 13.6. The van der Waals surface area contributed by atoms with Crippen molar-refractivity contribution in [3.63, 3.8) is 0 Å². The van der Waals surface area contributed by atoms with Crippen molar-refractivity contribution in [1.29, 1.82) is 0 Å². The summed E-state index contributed by atoms with van der Waals surface area (Å²) in [5.41, 5.74) is 0.982. The van der Waals surface area contributed by atoms with Crippen LogP contribution >= 0.6 is 0 Å². The number of aromatic nitrogens is 4. The van der Waals surface area contributed by atoms with Crippen LogP contribution < -0.4 is 10.2 Å². The van der Waals surface area contributed by atoms with Crippen molar-refractivity contribution in [1.82, 2.24) is 24.8 Å². The minimum Gasteiger partial charge on any atom is -0.387 e. The van der Waals surface area contributed by atoms with Crippen LogP contribution in [-0.4, -0.2) is 74.6 Å². The van der Waals surface area contributed by atoms with Gasteiger partial charge in [0.2, 0.25) is 0 Å². The SMILES string of the molecule is CCNC(=O)C1OC(n2cnc3c(N(C)C)ncnc32)C(O)C1O. The van der Waals surface area contributed by atoms with Gasteiger partial charge < -0.3 is 25.2 Å². The molecule has 3 N–H and O–H groups in total. The number of aliphatic hydroxyl groups is 2. The molecule has 0 saturated carbocycles. The minimum absolute atomic E-state index is 0.402. The zero-order valence-electron chi connectivity index (χ0n) is 13.6. The quantitative estimate of drug-likeness (QED) is 0.625. The molecule has 130 valence electrons. The Morgan fingerprint density at radius 1 is 1.33 bits per heavy atom. The number of nitrogens with zero attached hydrogens (tertiary/aromatic N) is 5. The largest absolute Gasteiger partial charge is 0.387 e. The van der Waals surface area contributed by atoms with Gasteiger partial charge in [-0.2, -0.15) is 0 Å². The normalized spacial score (nSPS) is 26.7. The lowest BCUT2D eigenvalue weighted by Crippen LogP contribution is -2.42. The van der Waals surface area contributed by atoms with Crippen LogP contribution in [0.15, 0.2) is 12.7 Å². The van der Waals surface area contributed by atoms with Gasteiger partial charge in [0.05, 0.1) is 6.33 Å². The van der Waals surface area contributed by atoms with Crippen LogP contribution in [-0.2, 0) is 9.53 Å². The molecule has 2 aromatic heterocycles. The van der Waals surface area contributed by atoms with Gasteiger partial charge in [-0.15, -0.1) is 0 Å². The van der Waals surface area contributed by atoms with Crippen molar-refractivity contribution in [3.05, 3.63) is 12.7 Å². The van der Waals surface area contributed by atoms with Gasteiger partial charge in [-0.3, -0.25) is 9.36 Å². The van der Waals surface area contributed by atoms with Gasteiger partial charge in [0, 0.05) is 20.6 Å². The fourth-order valence-electron chi connectivity index (χ4n) is 2.73. The molecular weight excluding hydrogens is 316 g/mol. The third-order valence-electron chi connectivity index (χ3n) is 3.88. The molecule has 3 heterocycles. The van der Waals surface area contributed by atoms with Crippen molar-refractivity contribution in [2.45, 2.75) is 31.5 Å². The highest BCUT2D eigenvalue weighted by Gasteiger charge is 2.47. The Morgan fingerprint density at radius 3 is 2.75 bits per heavy atom. The highest BCUT2D eigenvalue weighted by molar-refractivity contribution is 5.83. The predicted molar refractivity (Wildman–Crippen MR) is 84.3 cm³/mol. The number of anilines is 1. The number of carbonyl (C=O) groups is 1. The average Bonchev–Trinajstić information content (AvgIpc) is 3.09. The number of amides is 1. The monoisotopic (exact) mass is 336 g/mol. The summed E-state index contributed by atoms with van der Waals surface area (Å²) >= 11 is 0. The molecule has 1 amide bonds. The second-order valence-corrected chi connectivity index (χ2v) is 5.74. The van der Waals surface area contributed by atoms with Crippen molar-refractivity contribution in [3.8, 4) is 0 Å². The lowest BCUT2D eigenvalue weighted by molar-refractivity contribution is -0.137. The standard InChI is InChI=1S/C14H20N6O4/c1-4-15-13(23)10-8(21)9(22)14(24-10)20-6-18-7-11(19(2)3)16-5-17-12(7)20/h5-6,8-10,14,21-22H,4H2,1-3H3,(H,15,23). The van der Waals surface area contributed by atoms with E-state index in [2.05, 4.69) is 20.3 Å². The zero-order chi connectivity index (χ0) is 17.4. The van der Waals surface area contributed by atoms with E-state index in [9.17, 15) is 15.0 Å². The van der Waals surface area contributed by atoms with Gasteiger partial charge in [0.1, 0.15) is 18.5 Å². The van der Waals surface area contributed by atoms with Gasteiger partial charge >= 0.3 is 0 Å². The van der Waals surface area contributed by atoms with Crippen LogP contribution in [0.2, 0.25) is 0 Å². The molecule has 4 atom stereocenters. The highest BCUT2D eigenvalue weighted by Crippen LogP contribution is 2.32. The average molecular weight is 336 g/mol. The summed E-state index contributed by atoms with van der Waals surface area (Å²) in [6.45, 7) is 2.16. The fraction of sp³-hybridized carbons (Fsp3) is 0.571. The van der Waals surface area contributed by atoms with Crippen molar-refractivity contribution < 1.29 is 19.7 Å². The molecule has 1 aliphatic rings. The summed E-state index contributed by atoms with van der Waals surface area (Å²) in [6.07, 6.45) is -1.91. The highest BCUT2D eigenvalue weighted by atomic mass is 16.6. The topological polar surface area (TPSA) is 126 Å². The van der Waals surface area contributed by atoms with Gasteiger partial charge in [0.25, 0.3) is 5.91 Å². The Kier molecular flexibility index (Phi) is 4.35. The second-order valence-electron chi connectivity index (χ2n) is 5.74. The Bertz CT molecular complexity index is 748. The van der Waals surface area contributed by atoms with E-state index in [0.29, 0.717) is 23.5 Å². The smallest absolute Gasteiger partial charge is 0.252 e. The summed E-state index contributed by atoms with van der Waals surface area (Å²) in [4.78, 5) is 26.4. The summed E-state index contributed by atoms with van der Waals surface area (Å²) in [6, 6.07) is 0. The molecule has 4 unspecified atom stereocenters. The number of likely N-dealkylation sites (N-methyl/N-ethyl adjacent to an activating group) is 1. The lowest BCUT2D eigenvalue weighted by Gasteiger charge is -2.17. The number of ether oxygens (including phenoxy) is 1. The summed E-state index contributed by atoms with van der Waals surface area (Å²) in [7, 11) is 3.66. The van der Waals surface area contributed by atoms with E-state index in [1.807, 2.05) is 14.1 Å². The van der Waals surface area contributed by atoms with Crippen LogP contribution in [0.25, 0.3) is 11.2 Å². The number of imidazole rings is 1. The number of fused-ring (bicyclic) bond motifs is 1. The first kappa shape index (κ1) is 16.6. The lowest BCUT2D eigenvalue weighted by atomic mass is 10.1. The van der Waals surface area contributed by atoms with Crippen molar-refractivity contribution in [2.75, 3.05) is 25.5 Å². The maximum Gasteiger partial charge on any atom is 0.252 e. The van der Waals surface area contributed by atoms with Crippen LogP contribution in [0.1, 0.15) is 13.2 Å². The van der Waals surface area contributed by atoms with Crippen molar-refractivity contribution >= 4 is 22.9 Å². The molecule has 1 fully saturated rings. The van der Waals surface area contributed by atoms with E-state index >= 15 is 0 Å². The third-order valence-corrected chi connectivity index (χ3v) is 3.88. The number of carbonyl (C=O) groups excluding carboxylic acids is 1. The van der Waals surface area contributed by atoms with Crippen LogP contribution in [0.4, 0.5) is 5.82 Å². The summed E-state index contributed by atoms with van der Waals surface area (Å²) in [5, 5.41) is 23.0. The first-order chi connectivity index (χ1) is 11.5. The van der Waals surface area contributed by atoms with Gasteiger partial charge in [-0.1, -0.05) is 0 Å². The molecular formula is C14H20N6O4. The van der Waals surface area contributed by atoms with E-state index in [1.165, 1.54) is 17.2 Å². The first-order valence-electron chi connectivity index (χ1n) is 7.59. The van der Waals surface area contributed by atoms with Crippen LogP contribution in [0.5, 0.6) is 0 Å². The second kappa shape index (κ2) is 6.30. The molecule has 0 aliphatic carbocycles. The van der Waals surface area contributed by atoms with Crippen LogP contribution in [0.3, 0.4) is 0 Å². The van der Waals surface area contributed by atoms with Gasteiger partial charge in [-0.25, -0.2) is 15.0 Å². The van der Waals surface area contributed by atoms with Gasteiger partial charge in [-0.05, 0) is 6.92 Å².